The minimum atomic E-state index is -1.45. The zero-order chi connectivity index (χ0) is 12.8. The number of carboxylic acid groups (broad SMARTS) is 1. The first-order chi connectivity index (χ1) is 7.94. The van der Waals surface area contributed by atoms with Gasteiger partial charge in [-0.1, -0.05) is 0 Å². The van der Waals surface area contributed by atoms with Gasteiger partial charge in [0.1, 0.15) is 0 Å². The van der Waals surface area contributed by atoms with Gasteiger partial charge in [-0.05, 0) is 18.9 Å². The molecule has 2 rings (SSSR count). The fourth-order valence-corrected chi connectivity index (χ4v) is 1.83. The number of halogens is 3. The second kappa shape index (κ2) is 3.65. The van der Waals surface area contributed by atoms with Gasteiger partial charge >= 0.3 is 5.97 Å². The lowest BCUT2D eigenvalue weighted by molar-refractivity contribution is -0.140. The highest BCUT2D eigenvalue weighted by Crippen LogP contribution is 2.50. The second-order valence-corrected chi connectivity index (χ2v) is 3.95. The van der Waals surface area contributed by atoms with Crippen LogP contribution in [0.4, 0.5) is 13.2 Å². The summed E-state index contributed by atoms with van der Waals surface area (Å²) in [5.74, 6) is -6.04. The molecule has 1 saturated carbocycles. The lowest BCUT2D eigenvalue weighted by Crippen LogP contribution is -2.22. The normalized spacial score (nSPS) is 16.7. The number of hydrogen-bond acceptors (Lipinski definition) is 2. The number of hydrogen-bond donors (Lipinski definition) is 1. The van der Waals surface area contributed by atoms with Crippen LogP contribution in [0.5, 0.6) is 5.75 Å². The molecule has 0 radical (unpaired) electrons. The number of benzene rings is 1. The molecule has 0 bridgehead atoms. The molecule has 0 aromatic heterocycles. The molecule has 0 aliphatic heterocycles. The largest absolute Gasteiger partial charge is 0.491 e. The molecule has 0 saturated heterocycles. The summed E-state index contributed by atoms with van der Waals surface area (Å²) in [7, 11) is 0.991. The molecular weight excluding hydrogens is 237 g/mol. The zero-order valence-corrected chi connectivity index (χ0v) is 8.89. The van der Waals surface area contributed by atoms with Crippen LogP contribution in [-0.2, 0) is 10.2 Å². The molecule has 1 aliphatic rings. The summed E-state index contributed by atoms with van der Waals surface area (Å²) in [6, 6.07) is 0.592. The fraction of sp³-hybridized carbons (Fsp3) is 0.364. The number of ether oxygens (including phenoxy) is 1. The van der Waals surface area contributed by atoms with Crippen LogP contribution in [0.3, 0.4) is 0 Å². The topological polar surface area (TPSA) is 46.5 Å². The number of rotatable bonds is 3. The molecule has 0 atom stereocenters. The van der Waals surface area contributed by atoms with Crippen molar-refractivity contribution in [3.05, 3.63) is 29.1 Å². The molecular formula is C11H9F3O3. The molecule has 6 heteroatoms. The number of methoxy groups -OCH3 is 1. The average molecular weight is 246 g/mol. The van der Waals surface area contributed by atoms with Gasteiger partial charge in [0.15, 0.2) is 17.4 Å². The van der Waals surface area contributed by atoms with E-state index in [1.165, 1.54) is 0 Å². The summed E-state index contributed by atoms with van der Waals surface area (Å²) in [5.41, 5.74) is -1.80. The first kappa shape index (κ1) is 11.8. The molecule has 3 nitrogen and oxygen atoms in total. The lowest BCUT2D eigenvalue weighted by atomic mass is 9.95. The smallest absolute Gasteiger partial charge is 0.314 e. The minimum absolute atomic E-state index is 0.202. The summed E-state index contributed by atoms with van der Waals surface area (Å²) in [6.45, 7) is 0. The molecule has 0 amide bonds. The highest BCUT2D eigenvalue weighted by atomic mass is 19.2. The zero-order valence-electron chi connectivity index (χ0n) is 8.89. The second-order valence-electron chi connectivity index (χ2n) is 3.95. The van der Waals surface area contributed by atoms with Gasteiger partial charge in [0.25, 0.3) is 0 Å². The molecule has 0 spiro atoms. The Hall–Kier alpha value is -1.72. The summed E-state index contributed by atoms with van der Waals surface area (Å²) >= 11 is 0. The Labute approximate surface area is 94.8 Å². The third kappa shape index (κ3) is 1.55. The summed E-state index contributed by atoms with van der Waals surface area (Å²) in [4.78, 5) is 11.0. The van der Waals surface area contributed by atoms with E-state index >= 15 is 0 Å². The van der Waals surface area contributed by atoms with Crippen molar-refractivity contribution in [2.75, 3.05) is 7.11 Å². The van der Waals surface area contributed by atoms with E-state index in [0.29, 0.717) is 6.07 Å². The molecule has 92 valence electrons. The van der Waals surface area contributed by atoms with E-state index in [9.17, 15) is 18.0 Å². The van der Waals surface area contributed by atoms with Crippen molar-refractivity contribution >= 4 is 5.97 Å². The molecule has 1 aromatic rings. The first-order valence-corrected chi connectivity index (χ1v) is 4.89. The van der Waals surface area contributed by atoms with Crippen molar-refractivity contribution < 1.29 is 27.8 Å². The van der Waals surface area contributed by atoms with E-state index in [-0.39, 0.29) is 18.4 Å². The van der Waals surface area contributed by atoms with Crippen molar-refractivity contribution in [3.8, 4) is 5.75 Å². The van der Waals surface area contributed by atoms with Crippen LogP contribution in [0.2, 0.25) is 0 Å². The van der Waals surface area contributed by atoms with E-state index in [4.69, 9.17) is 5.11 Å². The van der Waals surface area contributed by atoms with Crippen molar-refractivity contribution in [2.45, 2.75) is 18.3 Å². The molecule has 17 heavy (non-hydrogen) atoms. The molecule has 0 unspecified atom stereocenters. The van der Waals surface area contributed by atoms with Crippen molar-refractivity contribution in [2.24, 2.45) is 0 Å². The highest BCUT2D eigenvalue weighted by Gasteiger charge is 2.54. The molecule has 1 fully saturated rings. The quantitative estimate of drug-likeness (QED) is 0.832. The van der Waals surface area contributed by atoms with Crippen LogP contribution in [-0.4, -0.2) is 18.2 Å². The van der Waals surface area contributed by atoms with Crippen molar-refractivity contribution in [1.82, 2.24) is 0 Å². The van der Waals surface area contributed by atoms with E-state index in [2.05, 4.69) is 4.74 Å². The maximum atomic E-state index is 13.8. The SMILES string of the molecule is COc1c(F)c(F)cc(C2(C(=O)O)CC2)c1F. The monoisotopic (exact) mass is 246 g/mol. The van der Waals surface area contributed by atoms with Crippen LogP contribution in [0.15, 0.2) is 6.07 Å². The van der Waals surface area contributed by atoms with Crippen LogP contribution in [0.25, 0.3) is 0 Å². The van der Waals surface area contributed by atoms with Gasteiger partial charge in [0.2, 0.25) is 5.82 Å². The van der Waals surface area contributed by atoms with Crippen LogP contribution >= 0.6 is 0 Å². The molecule has 1 N–H and O–H groups in total. The van der Waals surface area contributed by atoms with Gasteiger partial charge in [0.05, 0.1) is 12.5 Å². The van der Waals surface area contributed by atoms with Gasteiger partial charge in [-0.3, -0.25) is 4.79 Å². The van der Waals surface area contributed by atoms with E-state index in [1.807, 2.05) is 0 Å². The Kier molecular flexibility index (Phi) is 2.52. The van der Waals surface area contributed by atoms with Crippen LogP contribution in [0.1, 0.15) is 18.4 Å². The molecule has 1 aromatic carbocycles. The summed E-state index contributed by atoms with van der Waals surface area (Å²) < 4.78 is 44.6. The summed E-state index contributed by atoms with van der Waals surface area (Å²) in [5, 5.41) is 8.98. The Morgan fingerprint density at radius 3 is 2.35 bits per heavy atom. The van der Waals surface area contributed by atoms with Gasteiger partial charge in [0, 0.05) is 5.56 Å². The maximum Gasteiger partial charge on any atom is 0.314 e. The molecule has 0 heterocycles. The maximum absolute atomic E-state index is 13.8. The highest BCUT2D eigenvalue weighted by molar-refractivity contribution is 5.85. The number of carbonyl (C=O) groups is 1. The summed E-state index contributed by atoms with van der Waals surface area (Å²) in [6.07, 6.45) is 0.404. The number of carboxylic acids is 1. The van der Waals surface area contributed by atoms with Gasteiger partial charge in [-0.15, -0.1) is 0 Å². The third-order valence-electron chi connectivity index (χ3n) is 2.99. The Bertz CT molecular complexity index is 495. The minimum Gasteiger partial charge on any atom is -0.491 e. The van der Waals surface area contributed by atoms with Crippen LogP contribution < -0.4 is 4.74 Å². The van der Waals surface area contributed by atoms with Gasteiger partial charge in [-0.2, -0.15) is 4.39 Å². The Morgan fingerprint density at radius 1 is 1.35 bits per heavy atom. The predicted octanol–water partition coefficient (Wildman–Crippen LogP) is 2.23. The van der Waals surface area contributed by atoms with Crippen molar-refractivity contribution in [1.29, 1.82) is 0 Å². The average Bonchev–Trinajstić information content (AvgIpc) is 3.05. The predicted molar refractivity (Wildman–Crippen MR) is 51.4 cm³/mol. The number of aliphatic carboxylic acids is 1. The van der Waals surface area contributed by atoms with Crippen LogP contribution in [0, 0.1) is 17.5 Å². The fourth-order valence-electron chi connectivity index (χ4n) is 1.83. The third-order valence-corrected chi connectivity index (χ3v) is 2.99. The Balaban J connectivity index is 2.64. The van der Waals surface area contributed by atoms with Gasteiger partial charge in [-0.25, -0.2) is 8.78 Å². The first-order valence-electron chi connectivity index (χ1n) is 4.89. The van der Waals surface area contributed by atoms with E-state index < -0.39 is 34.6 Å². The molecule has 1 aliphatic carbocycles. The van der Waals surface area contributed by atoms with Gasteiger partial charge < -0.3 is 9.84 Å². The standard InChI is InChI=1S/C11H9F3O3/c1-17-9-7(13)5(4-6(12)8(9)14)11(2-3-11)10(15)16/h4H,2-3H2,1H3,(H,15,16). The van der Waals surface area contributed by atoms with E-state index in [0.717, 1.165) is 7.11 Å². The van der Waals surface area contributed by atoms with E-state index in [1.54, 1.807) is 0 Å². The lowest BCUT2D eigenvalue weighted by Gasteiger charge is -2.14. The Morgan fingerprint density at radius 2 is 1.94 bits per heavy atom. The van der Waals surface area contributed by atoms with Crippen molar-refractivity contribution in [3.63, 3.8) is 0 Å².